The fourth-order valence-corrected chi connectivity index (χ4v) is 4.43. The number of hydrogen-bond donors (Lipinski definition) is 0. The van der Waals surface area contributed by atoms with Gasteiger partial charge in [0.05, 0.1) is 11.8 Å². The van der Waals surface area contributed by atoms with Crippen LogP contribution < -0.4 is 0 Å². The van der Waals surface area contributed by atoms with E-state index in [9.17, 15) is 10.1 Å². The number of rotatable bonds is 3. The SMILES string of the molecule is CC1CC(C#N)(C(=O)N2CCC(c3nccc(-c4ccccc4)n3)CC2)C1. The van der Waals surface area contributed by atoms with E-state index in [-0.39, 0.29) is 11.8 Å². The maximum Gasteiger partial charge on any atom is 0.243 e. The molecule has 1 aromatic heterocycles. The highest BCUT2D eigenvalue weighted by molar-refractivity contribution is 5.86. The summed E-state index contributed by atoms with van der Waals surface area (Å²) in [6, 6.07) is 14.3. The summed E-state index contributed by atoms with van der Waals surface area (Å²) in [6.45, 7) is 3.46. The zero-order valence-electron chi connectivity index (χ0n) is 15.6. The average molecular weight is 360 g/mol. The van der Waals surface area contributed by atoms with E-state index in [4.69, 9.17) is 4.98 Å². The molecule has 0 unspecified atom stereocenters. The molecular formula is C22H24N4O. The summed E-state index contributed by atoms with van der Waals surface area (Å²) >= 11 is 0. The van der Waals surface area contributed by atoms with Gasteiger partial charge < -0.3 is 4.90 Å². The summed E-state index contributed by atoms with van der Waals surface area (Å²) in [7, 11) is 0. The Hall–Kier alpha value is -2.74. The van der Waals surface area contributed by atoms with Crippen molar-refractivity contribution in [3.05, 3.63) is 48.4 Å². The molecule has 27 heavy (non-hydrogen) atoms. The van der Waals surface area contributed by atoms with Crippen LogP contribution in [-0.2, 0) is 4.79 Å². The third kappa shape index (κ3) is 3.32. The van der Waals surface area contributed by atoms with Crippen molar-refractivity contribution in [2.75, 3.05) is 13.1 Å². The fraction of sp³-hybridized carbons (Fsp3) is 0.455. The van der Waals surface area contributed by atoms with E-state index < -0.39 is 5.41 Å². The lowest BCUT2D eigenvalue weighted by molar-refractivity contribution is -0.146. The lowest BCUT2D eigenvalue weighted by Gasteiger charge is -2.44. The van der Waals surface area contributed by atoms with Gasteiger partial charge in [0.2, 0.25) is 5.91 Å². The monoisotopic (exact) mass is 360 g/mol. The van der Waals surface area contributed by atoms with E-state index in [2.05, 4.69) is 18.0 Å². The van der Waals surface area contributed by atoms with Crippen LogP contribution in [0.5, 0.6) is 0 Å². The predicted octanol–water partition coefficient (Wildman–Crippen LogP) is 3.79. The van der Waals surface area contributed by atoms with E-state index in [0.717, 1.165) is 29.9 Å². The Bertz CT molecular complexity index is 859. The van der Waals surface area contributed by atoms with Gasteiger partial charge in [0, 0.05) is 30.8 Å². The van der Waals surface area contributed by atoms with E-state index in [1.165, 1.54) is 0 Å². The van der Waals surface area contributed by atoms with Gasteiger partial charge in [-0.3, -0.25) is 4.79 Å². The third-order valence-electron chi connectivity index (χ3n) is 5.91. The Morgan fingerprint density at radius 3 is 2.52 bits per heavy atom. The lowest BCUT2D eigenvalue weighted by Crippen LogP contribution is -2.51. The van der Waals surface area contributed by atoms with E-state index in [0.29, 0.717) is 31.8 Å². The molecule has 5 nitrogen and oxygen atoms in total. The fourth-order valence-electron chi connectivity index (χ4n) is 4.43. The molecular weight excluding hydrogens is 336 g/mol. The van der Waals surface area contributed by atoms with Gasteiger partial charge in [0.1, 0.15) is 11.2 Å². The summed E-state index contributed by atoms with van der Waals surface area (Å²) in [6.07, 6.45) is 4.92. The molecule has 1 aliphatic heterocycles. The topological polar surface area (TPSA) is 69.9 Å². The highest BCUT2D eigenvalue weighted by atomic mass is 16.2. The third-order valence-corrected chi connectivity index (χ3v) is 5.91. The minimum atomic E-state index is -0.768. The predicted molar refractivity (Wildman–Crippen MR) is 102 cm³/mol. The van der Waals surface area contributed by atoms with Crippen LogP contribution in [0.1, 0.15) is 44.3 Å². The van der Waals surface area contributed by atoms with Crippen molar-refractivity contribution in [2.45, 2.75) is 38.5 Å². The van der Waals surface area contributed by atoms with Crippen molar-refractivity contribution >= 4 is 5.91 Å². The van der Waals surface area contributed by atoms with Crippen molar-refractivity contribution < 1.29 is 4.79 Å². The van der Waals surface area contributed by atoms with Crippen molar-refractivity contribution in [3.63, 3.8) is 0 Å². The highest BCUT2D eigenvalue weighted by Gasteiger charge is 2.51. The Balaban J connectivity index is 1.43. The second-order valence-corrected chi connectivity index (χ2v) is 7.94. The number of piperidine rings is 1. The maximum absolute atomic E-state index is 12.8. The normalized spacial score (nSPS) is 25.5. The minimum absolute atomic E-state index is 0.0282. The van der Waals surface area contributed by atoms with Crippen molar-refractivity contribution in [3.8, 4) is 17.3 Å². The second-order valence-electron chi connectivity index (χ2n) is 7.94. The molecule has 2 aromatic rings. The van der Waals surface area contributed by atoms with Crippen LogP contribution in [0.3, 0.4) is 0 Å². The zero-order chi connectivity index (χ0) is 18.9. The molecule has 1 aromatic carbocycles. The molecule has 0 N–H and O–H groups in total. The molecule has 5 heteroatoms. The molecule has 2 fully saturated rings. The molecule has 2 aliphatic rings. The quantitative estimate of drug-likeness (QED) is 0.835. The molecule has 0 bridgehead atoms. The second kappa shape index (κ2) is 7.11. The molecule has 1 saturated carbocycles. The van der Waals surface area contributed by atoms with Crippen molar-refractivity contribution in [1.82, 2.24) is 14.9 Å². The highest BCUT2D eigenvalue weighted by Crippen LogP contribution is 2.46. The van der Waals surface area contributed by atoms with Crippen LogP contribution in [0.25, 0.3) is 11.3 Å². The molecule has 0 spiro atoms. The minimum Gasteiger partial charge on any atom is -0.341 e. The number of benzene rings is 1. The van der Waals surface area contributed by atoms with Crippen LogP contribution in [-0.4, -0.2) is 33.9 Å². The number of nitrogens with zero attached hydrogens (tertiary/aromatic N) is 4. The van der Waals surface area contributed by atoms with Gasteiger partial charge in [-0.15, -0.1) is 0 Å². The first-order valence-corrected chi connectivity index (χ1v) is 9.70. The first kappa shape index (κ1) is 17.7. The first-order valence-electron chi connectivity index (χ1n) is 9.70. The van der Waals surface area contributed by atoms with Gasteiger partial charge >= 0.3 is 0 Å². The smallest absolute Gasteiger partial charge is 0.243 e. The van der Waals surface area contributed by atoms with Gasteiger partial charge in [-0.25, -0.2) is 9.97 Å². The molecule has 0 atom stereocenters. The number of likely N-dealkylation sites (tertiary alicyclic amines) is 1. The van der Waals surface area contributed by atoms with Crippen molar-refractivity contribution in [1.29, 1.82) is 5.26 Å². The summed E-state index contributed by atoms with van der Waals surface area (Å²) in [5, 5.41) is 9.51. The van der Waals surface area contributed by atoms with Gasteiger partial charge in [-0.1, -0.05) is 37.3 Å². The number of amides is 1. The van der Waals surface area contributed by atoms with E-state index in [1.54, 1.807) is 0 Å². The van der Waals surface area contributed by atoms with Gasteiger partial charge in [0.25, 0.3) is 0 Å². The van der Waals surface area contributed by atoms with Crippen LogP contribution in [0.2, 0.25) is 0 Å². The van der Waals surface area contributed by atoms with Crippen LogP contribution in [0.15, 0.2) is 42.6 Å². The molecule has 1 aliphatic carbocycles. The number of carbonyl (C=O) groups excluding carboxylic acids is 1. The molecule has 1 amide bonds. The van der Waals surface area contributed by atoms with Crippen molar-refractivity contribution in [2.24, 2.45) is 11.3 Å². The molecule has 2 heterocycles. The van der Waals surface area contributed by atoms with Gasteiger partial charge in [0.15, 0.2) is 0 Å². The molecule has 138 valence electrons. The zero-order valence-corrected chi connectivity index (χ0v) is 15.6. The van der Waals surface area contributed by atoms with Crippen LogP contribution in [0.4, 0.5) is 0 Å². The van der Waals surface area contributed by atoms with E-state index >= 15 is 0 Å². The number of aromatic nitrogens is 2. The molecule has 0 radical (unpaired) electrons. The first-order chi connectivity index (χ1) is 13.1. The summed E-state index contributed by atoms with van der Waals surface area (Å²) in [5.74, 6) is 1.62. The summed E-state index contributed by atoms with van der Waals surface area (Å²) in [4.78, 5) is 24.0. The average Bonchev–Trinajstić information content (AvgIpc) is 2.71. The Kier molecular flexibility index (Phi) is 4.65. The lowest BCUT2D eigenvalue weighted by atomic mass is 9.62. The maximum atomic E-state index is 12.8. The Labute approximate surface area is 160 Å². The van der Waals surface area contributed by atoms with Crippen LogP contribution in [0, 0.1) is 22.7 Å². The van der Waals surface area contributed by atoms with E-state index in [1.807, 2.05) is 47.5 Å². The largest absolute Gasteiger partial charge is 0.341 e. The summed E-state index contributed by atoms with van der Waals surface area (Å²) in [5.41, 5.74) is 1.26. The van der Waals surface area contributed by atoms with Gasteiger partial charge in [-0.2, -0.15) is 5.26 Å². The molecule has 1 saturated heterocycles. The Morgan fingerprint density at radius 1 is 1.19 bits per heavy atom. The van der Waals surface area contributed by atoms with Gasteiger partial charge in [-0.05, 0) is 37.7 Å². The number of nitriles is 1. The van der Waals surface area contributed by atoms with Crippen LogP contribution >= 0.6 is 0 Å². The Morgan fingerprint density at radius 2 is 1.89 bits per heavy atom. The number of hydrogen-bond acceptors (Lipinski definition) is 4. The number of carbonyl (C=O) groups is 1. The molecule has 4 rings (SSSR count). The standard InChI is InChI=1S/C22H24N4O/c1-16-13-22(14-16,15-23)21(27)26-11-8-18(9-12-26)20-24-10-7-19(25-20)17-5-3-2-4-6-17/h2-7,10,16,18H,8-9,11-14H2,1H3. The summed E-state index contributed by atoms with van der Waals surface area (Å²) < 4.78 is 0.